The van der Waals surface area contributed by atoms with Gasteiger partial charge in [0.05, 0.1) is 0 Å². The number of ether oxygens (including phenoxy) is 2. The van der Waals surface area contributed by atoms with E-state index in [-0.39, 0.29) is 18.6 Å². The Kier molecular flexibility index (Phi) is 3.60. The zero-order valence-electron chi connectivity index (χ0n) is 12.7. The molecule has 10 nitrogen and oxygen atoms in total. The predicted molar refractivity (Wildman–Crippen MR) is 84.0 cm³/mol. The van der Waals surface area contributed by atoms with Crippen LogP contribution in [0.25, 0.3) is 0 Å². The first-order chi connectivity index (χ1) is 11.0. The molecule has 0 spiro atoms. The average Bonchev–Trinajstić information content (AvgIpc) is 3.07. The van der Waals surface area contributed by atoms with Crippen LogP contribution in [0.3, 0.4) is 0 Å². The molecule has 0 aliphatic carbocycles. The Morgan fingerprint density at radius 3 is 3.13 bits per heavy atom. The van der Waals surface area contributed by atoms with E-state index in [1.54, 1.807) is 14.7 Å². The van der Waals surface area contributed by atoms with Crippen LogP contribution in [0.4, 0.5) is 11.5 Å². The molecule has 0 saturated carbocycles. The van der Waals surface area contributed by atoms with Crippen molar-refractivity contribution in [3.05, 3.63) is 6.33 Å². The number of anilines is 2. The van der Waals surface area contributed by atoms with Crippen LogP contribution in [-0.2, 0) is 18.5 Å². The van der Waals surface area contributed by atoms with E-state index in [9.17, 15) is 10.00 Å². The maximum atomic E-state index is 10.1. The first kappa shape index (κ1) is 15.3. The van der Waals surface area contributed by atoms with Crippen LogP contribution < -0.4 is 10.2 Å². The number of hydrogen-bond acceptors (Lipinski definition) is 10. The number of methoxy groups -OCH3 is 1. The third-order valence-electron chi connectivity index (χ3n) is 4.24. The number of aromatic hydroxyl groups is 1. The first-order valence-electron chi connectivity index (χ1n) is 7.27. The van der Waals surface area contributed by atoms with Crippen LogP contribution in [-0.4, -0.2) is 72.5 Å². The average molecular weight is 344 g/mol. The third-order valence-corrected chi connectivity index (χ3v) is 5.65. The first-order valence-corrected chi connectivity index (χ1v) is 9.53. The molecule has 4 rings (SSSR count). The van der Waals surface area contributed by atoms with Crippen molar-refractivity contribution in [1.82, 2.24) is 9.97 Å². The molecule has 2 fully saturated rings. The van der Waals surface area contributed by atoms with Crippen molar-refractivity contribution in [2.75, 3.05) is 30.6 Å². The molecule has 126 valence electrons. The monoisotopic (exact) mass is 344 g/mol. The second kappa shape index (κ2) is 5.40. The molecule has 4 heterocycles. The molecule has 1 aromatic heterocycles. The van der Waals surface area contributed by atoms with Gasteiger partial charge in [0.2, 0.25) is 0 Å². The third kappa shape index (κ3) is 2.44. The molecule has 3 unspecified atom stereocenters. The summed E-state index contributed by atoms with van der Waals surface area (Å²) < 4.78 is 22.7. The summed E-state index contributed by atoms with van der Waals surface area (Å²) >= 11 is 0. The van der Waals surface area contributed by atoms with Crippen LogP contribution in [0.15, 0.2) is 6.33 Å². The number of fused-ring (bicyclic) bond motifs is 2. The van der Waals surface area contributed by atoms with E-state index in [1.165, 1.54) is 6.33 Å². The second-order valence-corrected chi connectivity index (χ2v) is 8.08. The zero-order chi connectivity index (χ0) is 16.2. The van der Waals surface area contributed by atoms with Crippen molar-refractivity contribution in [1.29, 1.82) is 0 Å². The molecule has 23 heavy (non-hydrogen) atoms. The Morgan fingerprint density at radius 1 is 1.52 bits per heavy atom. The van der Waals surface area contributed by atoms with Crippen LogP contribution in [0, 0.1) is 0 Å². The van der Waals surface area contributed by atoms with Crippen LogP contribution in [0.1, 0.15) is 0 Å². The molecule has 3 aliphatic rings. The van der Waals surface area contributed by atoms with Gasteiger partial charge >= 0.3 is 133 Å². The van der Waals surface area contributed by atoms with Crippen LogP contribution >= 0.6 is 7.82 Å². The number of nitrogens with zero attached hydrogens (tertiary/aromatic N) is 3. The molecular weight excluding hydrogens is 326 g/mol. The number of aromatic nitrogens is 2. The summed E-state index contributed by atoms with van der Waals surface area (Å²) in [4.78, 5) is 19.9. The summed E-state index contributed by atoms with van der Waals surface area (Å²) in [7, 11) is -0.00346. The van der Waals surface area contributed by atoms with Crippen molar-refractivity contribution >= 4 is 26.9 Å². The molecule has 3 aliphatic heterocycles. The fraction of sp³-hybridized carbons (Fsp3) is 0.636. The molecule has 1 aromatic rings. The van der Waals surface area contributed by atoms with E-state index in [1.807, 2.05) is 4.90 Å². The summed E-state index contributed by atoms with van der Waals surface area (Å²) in [5.74, 6) is 0.421. The molecule has 12 heteroatoms. The normalized spacial score (nSPS) is 36.2. The van der Waals surface area contributed by atoms with Gasteiger partial charge in [-0.3, -0.25) is 0 Å². The number of rotatable bonds is 2. The van der Waals surface area contributed by atoms with E-state index < -0.39 is 26.3 Å². The summed E-state index contributed by atoms with van der Waals surface area (Å²) in [6.45, 7) is 0.642. The van der Waals surface area contributed by atoms with E-state index in [4.69, 9.17) is 18.5 Å². The minimum absolute atomic E-state index is 0.114. The van der Waals surface area contributed by atoms with Gasteiger partial charge in [0.15, 0.2) is 0 Å². The van der Waals surface area contributed by atoms with Crippen molar-refractivity contribution < 1.29 is 28.5 Å². The SMILES string of the molecule is B[PH]1(O)OCC2OC(N3CNc4c(O)ncnc43)C(OC)[C@@H]2O1. The standard InChI is InChI=1S/C11H18BN4O6P/c1-19-8-7-5(2-20-23(12,18)22-7)21-11(8)16-4-15-6-9(16)13-3-14-10(6)17/h3,5,7-8,11,15,18,23H,2,4,12H2,1H3,(H,13,14,17)/t5?,7-,8?,11?/m1/s1. The predicted octanol–water partition coefficient (Wildman–Crippen LogP) is -1.44. The van der Waals surface area contributed by atoms with E-state index in [0.717, 1.165) is 0 Å². The van der Waals surface area contributed by atoms with Gasteiger partial charge in [0.1, 0.15) is 0 Å². The topological polar surface area (TPSA) is 118 Å². The van der Waals surface area contributed by atoms with Crippen molar-refractivity contribution in [2.24, 2.45) is 0 Å². The fourth-order valence-corrected chi connectivity index (χ4v) is 4.53. The fourth-order valence-electron chi connectivity index (χ4n) is 3.20. The summed E-state index contributed by atoms with van der Waals surface area (Å²) in [5, 5.41) is 12.8. The van der Waals surface area contributed by atoms with Crippen LogP contribution in [0.5, 0.6) is 5.88 Å². The summed E-state index contributed by atoms with van der Waals surface area (Å²) in [6.07, 6.45) is -0.371. The number of hydrogen-bond donors (Lipinski definition) is 3. The summed E-state index contributed by atoms with van der Waals surface area (Å²) in [5.41, 5.74) is 0.458. The van der Waals surface area contributed by atoms with Gasteiger partial charge in [0, 0.05) is 0 Å². The minimum atomic E-state index is -3.14. The Bertz CT molecular complexity index is 624. The van der Waals surface area contributed by atoms with Crippen molar-refractivity contribution in [3.8, 4) is 5.88 Å². The molecule has 0 aromatic carbocycles. The van der Waals surface area contributed by atoms with Gasteiger partial charge in [-0.1, -0.05) is 0 Å². The van der Waals surface area contributed by atoms with Gasteiger partial charge in [-0.2, -0.15) is 0 Å². The van der Waals surface area contributed by atoms with Gasteiger partial charge in [-0.05, 0) is 0 Å². The van der Waals surface area contributed by atoms with Crippen molar-refractivity contribution in [3.63, 3.8) is 0 Å². The molecule has 3 N–H and O–H groups in total. The Labute approximate surface area is 133 Å². The Hall–Kier alpha value is -1.23. The van der Waals surface area contributed by atoms with Gasteiger partial charge in [-0.15, -0.1) is 0 Å². The molecule has 4 atom stereocenters. The molecule has 0 bridgehead atoms. The Balaban J connectivity index is 1.63. The van der Waals surface area contributed by atoms with Gasteiger partial charge in [0.25, 0.3) is 0 Å². The van der Waals surface area contributed by atoms with Gasteiger partial charge in [-0.25, -0.2) is 0 Å². The number of nitrogens with one attached hydrogen (secondary N) is 1. The molecule has 0 radical (unpaired) electrons. The van der Waals surface area contributed by atoms with Gasteiger partial charge < -0.3 is 0 Å². The van der Waals surface area contributed by atoms with Crippen LogP contribution in [0.2, 0.25) is 0 Å². The Morgan fingerprint density at radius 2 is 2.35 bits per heavy atom. The van der Waals surface area contributed by atoms with E-state index in [0.29, 0.717) is 18.2 Å². The van der Waals surface area contributed by atoms with E-state index >= 15 is 0 Å². The summed E-state index contributed by atoms with van der Waals surface area (Å²) in [6, 6.07) is 0. The van der Waals surface area contributed by atoms with Crippen molar-refractivity contribution in [2.45, 2.75) is 24.5 Å². The quantitative estimate of drug-likeness (QED) is 0.435. The molecule has 2 saturated heterocycles. The molecular formula is C11H18BN4O6P. The maximum absolute atomic E-state index is 10.1. The zero-order valence-corrected chi connectivity index (χ0v) is 13.7. The molecule has 0 amide bonds. The second-order valence-electron chi connectivity index (χ2n) is 5.76. The van der Waals surface area contributed by atoms with E-state index in [2.05, 4.69) is 15.3 Å².